The van der Waals surface area contributed by atoms with E-state index in [4.69, 9.17) is 0 Å². The van der Waals surface area contributed by atoms with E-state index < -0.39 is 0 Å². The first-order valence-corrected chi connectivity index (χ1v) is 4.16. The van der Waals surface area contributed by atoms with Crippen LogP contribution in [0.4, 0.5) is 0 Å². The third-order valence-electron chi connectivity index (χ3n) is 1.12. The summed E-state index contributed by atoms with van der Waals surface area (Å²) >= 11 is 1.26. The van der Waals surface area contributed by atoms with Crippen molar-refractivity contribution >= 4 is 4.16 Å². The van der Waals surface area contributed by atoms with Gasteiger partial charge in [-0.3, -0.25) is 0 Å². The van der Waals surface area contributed by atoms with Crippen LogP contribution in [0.3, 0.4) is 0 Å². The molecule has 44 valence electrons. The van der Waals surface area contributed by atoms with Crippen molar-refractivity contribution in [2.75, 3.05) is 0 Å². The van der Waals surface area contributed by atoms with Gasteiger partial charge in [-0.1, -0.05) is 0 Å². The molecule has 1 rings (SSSR count). The van der Waals surface area contributed by atoms with Crippen LogP contribution in [-0.2, 0) is 18.3 Å². The van der Waals surface area contributed by atoms with Gasteiger partial charge in [-0.15, -0.1) is 0 Å². The van der Waals surface area contributed by atoms with Crippen LogP contribution in [-0.4, -0.2) is 0 Å². The molecule has 1 aromatic carbocycles. The average Bonchev–Trinajstić information content (AvgIpc) is 1.77. The average molecular weight is 192 g/mol. The van der Waals surface area contributed by atoms with Gasteiger partial charge in [-0.05, 0) is 0 Å². The Labute approximate surface area is 71.7 Å². The molecule has 9 heavy (non-hydrogen) atoms. The number of hydrogen-bond acceptors (Lipinski definition) is 0. The summed E-state index contributed by atoms with van der Waals surface area (Å²) in [5.41, 5.74) is 1.35. The van der Waals surface area contributed by atoms with E-state index in [1.54, 1.807) is 0 Å². The fourth-order valence-corrected chi connectivity index (χ4v) is 1.08. The molecule has 0 aliphatic rings. The van der Waals surface area contributed by atoms with Gasteiger partial charge in [0.15, 0.2) is 0 Å². The molecule has 0 N–H and O–H groups in total. The maximum absolute atomic E-state index is 2.18. The van der Waals surface area contributed by atoms with Crippen LogP contribution >= 0.6 is 0 Å². The van der Waals surface area contributed by atoms with Gasteiger partial charge in [0.1, 0.15) is 0 Å². The van der Waals surface area contributed by atoms with Crippen LogP contribution in [0.25, 0.3) is 0 Å². The van der Waals surface area contributed by atoms with Gasteiger partial charge in [-0.2, -0.15) is 0 Å². The molecule has 0 saturated heterocycles. The zero-order valence-electron chi connectivity index (χ0n) is 5.39. The Morgan fingerprint density at radius 3 is 1.89 bits per heavy atom. The van der Waals surface area contributed by atoms with E-state index in [9.17, 15) is 0 Å². The third-order valence-corrected chi connectivity index (χ3v) is 2.11. The van der Waals surface area contributed by atoms with Crippen LogP contribution < -0.4 is 16.6 Å². The van der Waals surface area contributed by atoms with Gasteiger partial charge in [0.05, 0.1) is 0 Å². The summed E-state index contributed by atoms with van der Waals surface area (Å²) in [6.07, 6.45) is 0. The van der Waals surface area contributed by atoms with E-state index in [1.807, 2.05) is 0 Å². The maximum Gasteiger partial charge on any atom is -1.00 e. The molecule has 0 aliphatic carbocycles. The molecular formula is C7H7ClZn. The molecule has 1 aromatic rings. The molecule has 0 unspecified atom stereocenters. The summed E-state index contributed by atoms with van der Waals surface area (Å²) in [6.45, 7) is 2.11. The Bertz CT molecular complexity index is 148. The SMILES string of the molecule is Cc1cc[c]([Zn+])cc1.[Cl-]. The van der Waals surface area contributed by atoms with Crippen LogP contribution in [0, 0.1) is 6.92 Å². The Morgan fingerprint density at radius 1 is 1.11 bits per heavy atom. The normalized spacial score (nSPS) is 8.33. The monoisotopic (exact) mass is 190 g/mol. The van der Waals surface area contributed by atoms with Crippen molar-refractivity contribution in [2.24, 2.45) is 0 Å². The second-order valence-electron chi connectivity index (χ2n) is 1.99. The number of benzene rings is 1. The van der Waals surface area contributed by atoms with Crippen molar-refractivity contribution in [3.05, 3.63) is 29.8 Å². The second kappa shape index (κ2) is 4.03. The molecule has 0 radical (unpaired) electrons. The smallest absolute Gasteiger partial charge is 1.00 e. The van der Waals surface area contributed by atoms with Crippen molar-refractivity contribution in [3.8, 4) is 0 Å². The molecule has 0 heterocycles. The van der Waals surface area contributed by atoms with Crippen LogP contribution in [0.15, 0.2) is 24.3 Å². The van der Waals surface area contributed by atoms with Crippen molar-refractivity contribution < 1.29 is 30.7 Å². The number of hydrogen-bond donors (Lipinski definition) is 0. The van der Waals surface area contributed by atoms with E-state index in [2.05, 4.69) is 31.2 Å². The fraction of sp³-hybridized carbons (Fsp3) is 0.143. The van der Waals surface area contributed by atoms with Crippen molar-refractivity contribution in [3.63, 3.8) is 0 Å². The molecule has 0 aliphatic heterocycles. The van der Waals surface area contributed by atoms with Crippen molar-refractivity contribution in [2.45, 2.75) is 6.92 Å². The van der Waals surface area contributed by atoms with Gasteiger partial charge in [0.2, 0.25) is 0 Å². The minimum absolute atomic E-state index is 0. The number of aryl methyl sites for hydroxylation is 1. The second-order valence-corrected chi connectivity index (χ2v) is 3.70. The minimum Gasteiger partial charge on any atom is -1.00 e. The van der Waals surface area contributed by atoms with Gasteiger partial charge < -0.3 is 12.4 Å². The zero-order chi connectivity index (χ0) is 5.98. The molecular weight excluding hydrogens is 185 g/mol. The Kier molecular flexibility index (Phi) is 4.09. The Hall–Kier alpha value is 0.133. The fourth-order valence-electron chi connectivity index (χ4n) is 0.588. The molecule has 0 nitrogen and oxygen atoms in total. The summed E-state index contributed by atoms with van der Waals surface area (Å²) in [5.74, 6) is 0. The van der Waals surface area contributed by atoms with Gasteiger partial charge in [-0.25, -0.2) is 0 Å². The zero-order valence-corrected chi connectivity index (χ0v) is 9.12. The topological polar surface area (TPSA) is 0 Å². The molecule has 0 spiro atoms. The van der Waals surface area contributed by atoms with Gasteiger partial charge in [0.25, 0.3) is 0 Å². The molecule has 0 amide bonds. The predicted molar refractivity (Wildman–Crippen MR) is 30.8 cm³/mol. The quantitative estimate of drug-likeness (QED) is 0.424. The molecule has 0 aromatic heterocycles. The first kappa shape index (κ1) is 9.13. The van der Waals surface area contributed by atoms with Crippen LogP contribution in [0.5, 0.6) is 0 Å². The summed E-state index contributed by atoms with van der Waals surface area (Å²) in [5, 5.41) is 0. The van der Waals surface area contributed by atoms with E-state index in [0.717, 1.165) is 0 Å². The molecule has 0 fully saturated rings. The van der Waals surface area contributed by atoms with E-state index in [1.165, 1.54) is 28.0 Å². The van der Waals surface area contributed by atoms with E-state index in [0.29, 0.717) is 0 Å². The standard InChI is InChI=1S/C7H7.ClH.Zn/c1-7-5-3-2-4-6-7;;/h3-6H,1H3;1H;/q;;+1/p-1. The Balaban J connectivity index is 0.000000640. The number of halogens is 1. The summed E-state index contributed by atoms with van der Waals surface area (Å²) < 4.78 is 1.45. The van der Waals surface area contributed by atoms with Crippen LogP contribution in [0.2, 0.25) is 0 Å². The summed E-state index contributed by atoms with van der Waals surface area (Å²) in [4.78, 5) is 0. The Morgan fingerprint density at radius 2 is 1.56 bits per heavy atom. The van der Waals surface area contributed by atoms with Gasteiger partial charge in [0, 0.05) is 0 Å². The molecule has 2 heteroatoms. The van der Waals surface area contributed by atoms with Crippen molar-refractivity contribution in [1.29, 1.82) is 0 Å². The van der Waals surface area contributed by atoms with Crippen molar-refractivity contribution in [1.82, 2.24) is 0 Å². The largest absolute Gasteiger partial charge is 1.00 e. The maximum atomic E-state index is 2.18. The van der Waals surface area contributed by atoms with E-state index in [-0.39, 0.29) is 12.4 Å². The molecule has 0 bridgehead atoms. The molecule has 0 saturated carbocycles. The molecule has 0 atom stereocenters. The third kappa shape index (κ3) is 2.98. The summed E-state index contributed by atoms with van der Waals surface area (Å²) in [6, 6.07) is 8.66. The van der Waals surface area contributed by atoms with Gasteiger partial charge >= 0.3 is 59.2 Å². The van der Waals surface area contributed by atoms with Crippen LogP contribution in [0.1, 0.15) is 5.56 Å². The first-order chi connectivity index (χ1) is 3.79. The predicted octanol–water partition coefficient (Wildman–Crippen LogP) is -1.83. The minimum atomic E-state index is 0. The first-order valence-electron chi connectivity index (χ1n) is 2.67. The summed E-state index contributed by atoms with van der Waals surface area (Å²) in [7, 11) is 0. The number of rotatable bonds is 0. The van der Waals surface area contributed by atoms with E-state index >= 15 is 0 Å².